The molecule has 0 radical (unpaired) electrons. The van der Waals surface area contributed by atoms with Gasteiger partial charge in [0, 0.05) is 32.2 Å². The van der Waals surface area contributed by atoms with Crippen LogP contribution in [0.4, 0.5) is 0 Å². The normalized spacial score (nSPS) is 23.7. The van der Waals surface area contributed by atoms with Gasteiger partial charge in [-0.2, -0.15) is 8.61 Å². The van der Waals surface area contributed by atoms with Gasteiger partial charge in [0.2, 0.25) is 10.0 Å². The Kier molecular flexibility index (Phi) is 6.97. The third-order valence-corrected chi connectivity index (χ3v) is 9.94. The van der Waals surface area contributed by atoms with Crippen LogP contribution in [0.15, 0.2) is 21.7 Å². The second kappa shape index (κ2) is 8.87. The maximum Gasteiger partial charge on any atom is 0.252 e. The van der Waals surface area contributed by atoms with Crippen molar-refractivity contribution in [3.8, 4) is 0 Å². The van der Waals surface area contributed by atoms with E-state index >= 15 is 0 Å². The number of hydrogen-bond donors (Lipinski definition) is 0. The fraction of sp³-hybridized carbons (Fsp3) is 0.765. The summed E-state index contributed by atoms with van der Waals surface area (Å²) in [6, 6.07) is 3.03. The fourth-order valence-corrected chi connectivity index (χ4v) is 7.74. The maximum atomic E-state index is 12.8. The van der Waals surface area contributed by atoms with Crippen LogP contribution >= 0.6 is 11.3 Å². The highest BCUT2D eigenvalue weighted by molar-refractivity contribution is 7.91. The summed E-state index contributed by atoms with van der Waals surface area (Å²) in [4.78, 5) is 2.31. The maximum absolute atomic E-state index is 12.8. The summed E-state index contributed by atoms with van der Waals surface area (Å²) in [6.07, 6.45) is 6.17. The Morgan fingerprint density at radius 2 is 1.85 bits per heavy atom. The summed E-state index contributed by atoms with van der Waals surface area (Å²) >= 11 is 1.20. The third kappa shape index (κ3) is 5.30. The Morgan fingerprint density at radius 3 is 2.48 bits per heavy atom. The molecule has 27 heavy (non-hydrogen) atoms. The molecule has 0 aliphatic carbocycles. The minimum atomic E-state index is -3.55. The van der Waals surface area contributed by atoms with Gasteiger partial charge in [0.25, 0.3) is 10.0 Å². The smallest absolute Gasteiger partial charge is 0.252 e. The van der Waals surface area contributed by atoms with Crippen molar-refractivity contribution < 1.29 is 16.8 Å². The summed E-state index contributed by atoms with van der Waals surface area (Å²) in [5, 5.41) is 1.75. The SMILES string of the molecule is CS(=O)(=O)N(CCN1CCCCC1)C1CCCN(S(=O)(=O)c2cccs2)C1. The van der Waals surface area contributed by atoms with Gasteiger partial charge in [-0.3, -0.25) is 0 Å². The van der Waals surface area contributed by atoms with Crippen LogP contribution in [0.2, 0.25) is 0 Å². The average molecular weight is 436 g/mol. The van der Waals surface area contributed by atoms with E-state index in [1.807, 2.05) is 0 Å². The molecule has 2 saturated heterocycles. The Morgan fingerprint density at radius 1 is 1.11 bits per heavy atom. The fourth-order valence-electron chi connectivity index (χ4n) is 3.95. The Balaban J connectivity index is 1.70. The van der Waals surface area contributed by atoms with Gasteiger partial charge in [-0.1, -0.05) is 12.5 Å². The lowest BCUT2D eigenvalue weighted by Crippen LogP contribution is -2.53. The van der Waals surface area contributed by atoms with Crippen molar-refractivity contribution in [2.45, 2.75) is 42.4 Å². The first kappa shape index (κ1) is 21.2. The molecule has 7 nitrogen and oxygen atoms in total. The number of nitrogens with zero attached hydrogens (tertiary/aromatic N) is 3. The number of hydrogen-bond acceptors (Lipinski definition) is 6. The molecule has 2 aliphatic rings. The molecule has 1 unspecified atom stereocenters. The van der Waals surface area contributed by atoms with E-state index in [2.05, 4.69) is 4.90 Å². The lowest BCUT2D eigenvalue weighted by atomic mass is 10.1. The zero-order valence-corrected chi connectivity index (χ0v) is 18.2. The van der Waals surface area contributed by atoms with Crippen LogP contribution < -0.4 is 0 Å². The number of sulfonamides is 2. The number of likely N-dealkylation sites (tertiary alicyclic amines) is 1. The van der Waals surface area contributed by atoms with Gasteiger partial charge in [0.1, 0.15) is 4.21 Å². The molecular formula is C17H29N3O4S3. The van der Waals surface area contributed by atoms with E-state index in [0.717, 1.165) is 25.9 Å². The van der Waals surface area contributed by atoms with Gasteiger partial charge in [0.15, 0.2) is 0 Å². The molecule has 0 saturated carbocycles. The Bertz CT molecular complexity index is 802. The Labute approximate surface area is 167 Å². The van der Waals surface area contributed by atoms with E-state index in [0.29, 0.717) is 36.7 Å². The van der Waals surface area contributed by atoms with E-state index in [1.54, 1.807) is 17.5 Å². The van der Waals surface area contributed by atoms with Crippen LogP contribution in [0, 0.1) is 0 Å². The predicted octanol–water partition coefficient (Wildman–Crippen LogP) is 1.65. The summed E-state index contributed by atoms with van der Waals surface area (Å²) in [5.41, 5.74) is 0. The molecule has 154 valence electrons. The molecule has 0 bridgehead atoms. The molecule has 2 aliphatic heterocycles. The molecule has 3 rings (SSSR count). The monoisotopic (exact) mass is 435 g/mol. The van der Waals surface area contributed by atoms with E-state index < -0.39 is 20.0 Å². The lowest BCUT2D eigenvalue weighted by molar-refractivity contribution is 0.172. The highest BCUT2D eigenvalue weighted by Crippen LogP contribution is 2.26. The summed E-state index contributed by atoms with van der Waals surface area (Å²) in [5.74, 6) is 0. The van der Waals surface area contributed by atoms with Gasteiger partial charge in [-0.05, 0) is 50.2 Å². The molecule has 2 fully saturated rings. The molecular weight excluding hydrogens is 406 g/mol. The summed E-state index contributed by atoms with van der Waals surface area (Å²) in [6.45, 7) is 3.84. The van der Waals surface area contributed by atoms with Crippen molar-refractivity contribution in [1.29, 1.82) is 0 Å². The van der Waals surface area contributed by atoms with Crippen LogP contribution in [-0.2, 0) is 20.0 Å². The second-order valence-electron chi connectivity index (χ2n) is 7.37. The second-order valence-corrected chi connectivity index (χ2v) is 12.4. The van der Waals surface area contributed by atoms with Crippen molar-refractivity contribution in [3.63, 3.8) is 0 Å². The van der Waals surface area contributed by atoms with Gasteiger partial charge < -0.3 is 4.90 Å². The molecule has 0 spiro atoms. The van der Waals surface area contributed by atoms with Gasteiger partial charge in [-0.25, -0.2) is 16.8 Å². The molecule has 0 aromatic carbocycles. The van der Waals surface area contributed by atoms with Crippen LogP contribution in [0.25, 0.3) is 0 Å². The largest absolute Gasteiger partial charge is 0.302 e. The molecule has 10 heteroatoms. The van der Waals surface area contributed by atoms with Crippen molar-refractivity contribution >= 4 is 31.4 Å². The number of rotatable bonds is 7. The molecule has 1 aromatic rings. The van der Waals surface area contributed by atoms with Crippen LogP contribution in [0.1, 0.15) is 32.1 Å². The van der Waals surface area contributed by atoms with E-state index in [9.17, 15) is 16.8 Å². The minimum Gasteiger partial charge on any atom is -0.302 e. The zero-order valence-electron chi connectivity index (χ0n) is 15.8. The van der Waals surface area contributed by atoms with E-state index in [1.165, 1.54) is 32.6 Å². The van der Waals surface area contributed by atoms with Crippen LogP contribution in [0.3, 0.4) is 0 Å². The number of thiophene rings is 1. The quantitative estimate of drug-likeness (QED) is 0.651. The van der Waals surface area contributed by atoms with E-state index in [-0.39, 0.29) is 12.6 Å². The average Bonchev–Trinajstić information content (AvgIpc) is 3.17. The first-order valence-corrected chi connectivity index (χ1v) is 13.7. The standard InChI is InChI=1S/C17H29N3O4S3/c1-26(21,22)20(13-12-18-9-3-2-4-10-18)16-7-5-11-19(15-16)27(23,24)17-8-6-14-25-17/h6,8,14,16H,2-5,7,9-13,15H2,1H3. The topological polar surface area (TPSA) is 78.0 Å². The predicted molar refractivity (Wildman–Crippen MR) is 108 cm³/mol. The summed E-state index contributed by atoms with van der Waals surface area (Å²) < 4.78 is 53.8. The molecule has 0 N–H and O–H groups in total. The summed E-state index contributed by atoms with van der Waals surface area (Å²) in [7, 11) is -6.95. The Hall–Kier alpha value is -0.520. The highest BCUT2D eigenvalue weighted by atomic mass is 32.2. The zero-order chi connectivity index (χ0) is 19.5. The molecule has 0 amide bonds. The van der Waals surface area contributed by atoms with Crippen LogP contribution in [0.5, 0.6) is 0 Å². The lowest BCUT2D eigenvalue weighted by Gasteiger charge is -2.38. The van der Waals surface area contributed by atoms with Crippen molar-refractivity contribution in [1.82, 2.24) is 13.5 Å². The van der Waals surface area contributed by atoms with Gasteiger partial charge in [0.05, 0.1) is 6.26 Å². The first-order valence-electron chi connectivity index (χ1n) is 9.51. The van der Waals surface area contributed by atoms with Crippen molar-refractivity contribution in [2.75, 3.05) is 45.5 Å². The first-order chi connectivity index (χ1) is 12.8. The van der Waals surface area contributed by atoms with Crippen LogP contribution in [-0.4, -0.2) is 81.9 Å². The highest BCUT2D eigenvalue weighted by Gasteiger charge is 2.36. The molecule has 3 heterocycles. The molecule has 1 aromatic heterocycles. The number of piperidine rings is 2. The van der Waals surface area contributed by atoms with E-state index in [4.69, 9.17) is 0 Å². The third-order valence-electron chi connectivity index (χ3n) is 5.37. The minimum absolute atomic E-state index is 0.229. The molecule has 1 atom stereocenters. The van der Waals surface area contributed by atoms with Crippen molar-refractivity contribution in [3.05, 3.63) is 17.5 Å². The van der Waals surface area contributed by atoms with Gasteiger partial charge in [-0.15, -0.1) is 11.3 Å². The van der Waals surface area contributed by atoms with Crippen molar-refractivity contribution in [2.24, 2.45) is 0 Å². The van der Waals surface area contributed by atoms with Gasteiger partial charge >= 0.3 is 0 Å².